The van der Waals surface area contributed by atoms with E-state index >= 15 is 0 Å². The normalized spacial score (nSPS) is 11.4. The quantitative estimate of drug-likeness (QED) is 0.580. The van der Waals surface area contributed by atoms with Gasteiger partial charge in [0.05, 0.1) is 22.2 Å². The number of carbonyl (C=O) groups excluding carboxylic acids is 1. The maximum absolute atomic E-state index is 11.9. The summed E-state index contributed by atoms with van der Waals surface area (Å²) < 4.78 is 0.977. The lowest BCUT2D eigenvalue weighted by Crippen LogP contribution is -2.21. The van der Waals surface area contributed by atoms with Crippen LogP contribution in [0.25, 0.3) is 0 Å². The molecule has 2 aromatic carbocycles. The van der Waals surface area contributed by atoms with Crippen LogP contribution in [0, 0.1) is 0 Å². The van der Waals surface area contributed by atoms with Crippen molar-refractivity contribution in [2.24, 2.45) is 5.10 Å². The second-order valence-electron chi connectivity index (χ2n) is 4.66. The molecular formula is C16H13BrCl2N2O. The molecule has 1 amide bonds. The van der Waals surface area contributed by atoms with E-state index in [4.69, 9.17) is 23.2 Å². The minimum Gasteiger partial charge on any atom is -0.273 e. The van der Waals surface area contributed by atoms with E-state index in [0.29, 0.717) is 15.8 Å². The molecule has 3 nitrogen and oxygen atoms in total. The van der Waals surface area contributed by atoms with Crippen LogP contribution in [-0.2, 0) is 11.2 Å². The number of nitrogens with zero attached hydrogens (tertiary/aromatic N) is 1. The molecule has 0 unspecified atom stereocenters. The van der Waals surface area contributed by atoms with Gasteiger partial charge < -0.3 is 0 Å². The number of hydrazone groups is 1. The standard InChI is InChI=1S/C16H13BrCl2N2O/c1-10(12-4-7-14(18)15(19)9-12)20-21-16(22)8-11-2-5-13(17)6-3-11/h2-7,9H,8H2,1H3,(H,21,22)/b20-10-. The molecule has 0 atom stereocenters. The number of rotatable bonds is 4. The Labute approximate surface area is 147 Å². The molecule has 0 spiro atoms. The summed E-state index contributed by atoms with van der Waals surface area (Å²) in [5.74, 6) is -0.179. The maximum atomic E-state index is 11.9. The second-order valence-corrected chi connectivity index (χ2v) is 6.39. The third-order valence-corrected chi connectivity index (χ3v) is 4.23. The molecule has 1 N–H and O–H groups in total. The van der Waals surface area contributed by atoms with Crippen molar-refractivity contribution >= 4 is 50.8 Å². The van der Waals surface area contributed by atoms with Crippen LogP contribution in [0.2, 0.25) is 10.0 Å². The van der Waals surface area contributed by atoms with Crippen LogP contribution in [0.4, 0.5) is 0 Å². The Morgan fingerprint density at radius 1 is 1.14 bits per heavy atom. The van der Waals surface area contributed by atoms with Gasteiger partial charge in [0, 0.05) is 4.47 Å². The predicted octanol–water partition coefficient (Wildman–Crippen LogP) is 4.84. The van der Waals surface area contributed by atoms with Crippen LogP contribution >= 0.6 is 39.1 Å². The van der Waals surface area contributed by atoms with E-state index in [1.807, 2.05) is 24.3 Å². The van der Waals surface area contributed by atoms with Crippen LogP contribution in [0.5, 0.6) is 0 Å². The van der Waals surface area contributed by atoms with E-state index in [-0.39, 0.29) is 12.3 Å². The molecule has 0 fully saturated rings. The highest BCUT2D eigenvalue weighted by Gasteiger charge is 2.05. The minimum absolute atomic E-state index is 0.179. The van der Waals surface area contributed by atoms with Crippen molar-refractivity contribution in [3.8, 4) is 0 Å². The molecule has 0 saturated heterocycles. The summed E-state index contributed by atoms with van der Waals surface area (Å²) in [7, 11) is 0. The topological polar surface area (TPSA) is 41.5 Å². The Morgan fingerprint density at radius 3 is 2.45 bits per heavy atom. The first-order valence-corrected chi connectivity index (χ1v) is 8.03. The number of carbonyl (C=O) groups is 1. The van der Waals surface area contributed by atoms with E-state index in [0.717, 1.165) is 15.6 Å². The SMILES string of the molecule is C/C(=N/NC(=O)Cc1ccc(Br)cc1)c1ccc(Cl)c(Cl)c1. The van der Waals surface area contributed by atoms with Gasteiger partial charge in [0.2, 0.25) is 5.91 Å². The predicted molar refractivity (Wildman–Crippen MR) is 94.7 cm³/mol. The molecule has 0 aromatic heterocycles. The van der Waals surface area contributed by atoms with E-state index < -0.39 is 0 Å². The fourth-order valence-corrected chi connectivity index (χ4v) is 2.32. The zero-order valence-corrected chi connectivity index (χ0v) is 14.8. The summed E-state index contributed by atoms with van der Waals surface area (Å²) in [5.41, 5.74) is 4.92. The number of benzene rings is 2. The van der Waals surface area contributed by atoms with Crippen LogP contribution in [0.3, 0.4) is 0 Å². The number of hydrogen-bond acceptors (Lipinski definition) is 2. The van der Waals surface area contributed by atoms with E-state index in [9.17, 15) is 4.79 Å². The van der Waals surface area contributed by atoms with Crippen molar-refractivity contribution in [2.45, 2.75) is 13.3 Å². The highest BCUT2D eigenvalue weighted by atomic mass is 79.9. The molecule has 22 heavy (non-hydrogen) atoms. The van der Waals surface area contributed by atoms with Gasteiger partial charge in [-0.15, -0.1) is 0 Å². The average molecular weight is 400 g/mol. The Kier molecular flexibility index (Phi) is 6.00. The third kappa shape index (κ3) is 4.83. The first-order valence-electron chi connectivity index (χ1n) is 6.48. The summed E-state index contributed by atoms with van der Waals surface area (Å²) in [5, 5.41) is 5.02. The van der Waals surface area contributed by atoms with E-state index in [2.05, 4.69) is 26.5 Å². The Bertz CT molecular complexity index is 715. The Morgan fingerprint density at radius 2 is 1.82 bits per heavy atom. The molecule has 2 aromatic rings. The van der Waals surface area contributed by atoms with E-state index in [1.165, 1.54) is 0 Å². The molecule has 0 aliphatic heterocycles. The summed E-state index contributed by atoms with van der Waals surface area (Å²) in [6, 6.07) is 12.8. The van der Waals surface area contributed by atoms with Crippen LogP contribution in [0.1, 0.15) is 18.1 Å². The number of amides is 1. The van der Waals surface area contributed by atoms with Crippen molar-refractivity contribution in [1.82, 2.24) is 5.43 Å². The van der Waals surface area contributed by atoms with Gasteiger partial charge in [-0.2, -0.15) is 5.10 Å². The van der Waals surface area contributed by atoms with Crippen LogP contribution in [-0.4, -0.2) is 11.6 Å². The van der Waals surface area contributed by atoms with Crippen molar-refractivity contribution in [2.75, 3.05) is 0 Å². The fourth-order valence-electron chi connectivity index (χ4n) is 1.76. The molecule has 0 heterocycles. The first-order chi connectivity index (χ1) is 10.5. The Hall–Kier alpha value is -1.36. The molecule has 0 radical (unpaired) electrons. The molecule has 114 valence electrons. The smallest absolute Gasteiger partial charge is 0.244 e. The lowest BCUT2D eigenvalue weighted by Gasteiger charge is -2.05. The largest absolute Gasteiger partial charge is 0.273 e. The Balaban J connectivity index is 1.99. The summed E-state index contributed by atoms with van der Waals surface area (Å²) in [4.78, 5) is 11.9. The van der Waals surface area contributed by atoms with Gasteiger partial charge in [0.1, 0.15) is 0 Å². The van der Waals surface area contributed by atoms with Crippen molar-refractivity contribution in [3.05, 3.63) is 68.1 Å². The lowest BCUT2D eigenvalue weighted by atomic mass is 10.1. The molecule has 0 aliphatic rings. The van der Waals surface area contributed by atoms with Gasteiger partial charge in [0.25, 0.3) is 0 Å². The molecule has 2 rings (SSSR count). The average Bonchev–Trinajstić information content (AvgIpc) is 2.50. The van der Waals surface area contributed by atoms with Gasteiger partial charge in [-0.3, -0.25) is 4.79 Å². The number of nitrogens with one attached hydrogen (secondary N) is 1. The van der Waals surface area contributed by atoms with Crippen molar-refractivity contribution in [1.29, 1.82) is 0 Å². The molecular weight excluding hydrogens is 387 g/mol. The highest BCUT2D eigenvalue weighted by Crippen LogP contribution is 2.22. The summed E-state index contributed by atoms with van der Waals surface area (Å²) in [6.07, 6.45) is 0.269. The van der Waals surface area contributed by atoms with Gasteiger partial charge in [-0.1, -0.05) is 57.3 Å². The summed E-state index contributed by atoms with van der Waals surface area (Å²) >= 11 is 15.2. The van der Waals surface area contributed by atoms with Gasteiger partial charge >= 0.3 is 0 Å². The molecule has 0 bridgehead atoms. The maximum Gasteiger partial charge on any atom is 0.244 e. The van der Waals surface area contributed by atoms with E-state index in [1.54, 1.807) is 25.1 Å². The first kappa shape index (κ1) is 17.0. The fraction of sp³-hybridized carbons (Fsp3) is 0.125. The zero-order valence-electron chi connectivity index (χ0n) is 11.7. The highest BCUT2D eigenvalue weighted by molar-refractivity contribution is 9.10. The second kappa shape index (κ2) is 7.77. The molecule has 6 heteroatoms. The zero-order chi connectivity index (χ0) is 16.1. The van der Waals surface area contributed by atoms with Gasteiger partial charge in [-0.05, 0) is 42.3 Å². The van der Waals surface area contributed by atoms with Crippen molar-refractivity contribution < 1.29 is 4.79 Å². The van der Waals surface area contributed by atoms with Crippen molar-refractivity contribution in [3.63, 3.8) is 0 Å². The van der Waals surface area contributed by atoms with Crippen LogP contribution in [0.15, 0.2) is 52.0 Å². The van der Waals surface area contributed by atoms with Crippen LogP contribution < -0.4 is 5.43 Å². The molecule has 0 aliphatic carbocycles. The molecule has 0 saturated carbocycles. The minimum atomic E-state index is -0.179. The number of halogens is 3. The third-order valence-electron chi connectivity index (χ3n) is 2.96. The van der Waals surface area contributed by atoms with Gasteiger partial charge in [-0.25, -0.2) is 5.43 Å². The monoisotopic (exact) mass is 398 g/mol. The summed E-state index contributed by atoms with van der Waals surface area (Å²) in [6.45, 7) is 1.79. The lowest BCUT2D eigenvalue weighted by molar-refractivity contribution is -0.120. The number of hydrogen-bond donors (Lipinski definition) is 1. The van der Waals surface area contributed by atoms with Gasteiger partial charge in [0.15, 0.2) is 0 Å².